The summed E-state index contributed by atoms with van der Waals surface area (Å²) < 4.78 is 11.4. The summed E-state index contributed by atoms with van der Waals surface area (Å²) in [5.41, 5.74) is 2.36. The third-order valence-electron chi connectivity index (χ3n) is 3.18. The molecule has 0 bridgehead atoms. The first kappa shape index (κ1) is 12.4. The molecule has 1 N–H and O–H groups in total. The van der Waals surface area contributed by atoms with Gasteiger partial charge in [0.2, 0.25) is 0 Å². The molecule has 0 amide bonds. The van der Waals surface area contributed by atoms with E-state index in [0.29, 0.717) is 0 Å². The Kier molecular flexibility index (Phi) is 3.60. The number of nitrogens with one attached hydrogen (secondary N) is 1. The van der Waals surface area contributed by atoms with E-state index in [1.165, 1.54) is 5.56 Å². The smallest absolute Gasteiger partial charge is 0.161 e. The van der Waals surface area contributed by atoms with Gasteiger partial charge in [0.15, 0.2) is 11.5 Å². The number of fused-ring (bicyclic) bond motifs is 1. The van der Waals surface area contributed by atoms with Gasteiger partial charge in [-0.25, -0.2) is 0 Å². The van der Waals surface area contributed by atoms with Gasteiger partial charge in [-0.05, 0) is 36.1 Å². The molecule has 1 aromatic carbocycles. The van der Waals surface area contributed by atoms with Crippen molar-refractivity contribution in [1.82, 2.24) is 0 Å². The zero-order valence-corrected chi connectivity index (χ0v) is 11.7. The first-order valence-electron chi connectivity index (χ1n) is 6.51. The van der Waals surface area contributed by atoms with Crippen LogP contribution in [0.5, 0.6) is 11.5 Å². The minimum absolute atomic E-state index is 0.242. The lowest BCUT2D eigenvalue weighted by atomic mass is 10.1. The van der Waals surface area contributed by atoms with Crippen LogP contribution in [0.4, 0.5) is 5.69 Å². The van der Waals surface area contributed by atoms with E-state index in [0.717, 1.165) is 36.8 Å². The SMILES string of the molecule is CC(Nc1ccsc1)c1ccc2c(c1)OCCCO2. The van der Waals surface area contributed by atoms with Crippen LogP contribution in [0.2, 0.25) is 0 Å². The van der Waals surface area contributed by atoms with Crippen LogP contribution in [0.3, 0.4) is 0 Å². The highest BCUT2D eigenvalue weighted by atomic mass is 32.1. The predicted molar refractivity (Wildman–Crippen MR) is 78.4 cm³/mol. The summed E-state index contributed by atoms with van der Waals surface area (Å²) >= 11 is 1.70. The molecule has 2 aromatic rings. The Morgan fingerprint density at radius 2 is 2.00 bits per heavy atom. The van der Waals surface area contributed by atoms with Crippen molar-refractivity contribution in [3.8, 4) is 11.5 Å². The summed E-state index contributed by atoms with van der Waals surface area (Å²) in [5, 5.41) is 7.66. The number of hydrogen-bond acceptors (Lipinski definition) is 4. The highest BCUT2D eigenvalue weighted by Crippen LogP contribution is 2.33. The zero-order valence-electron chi connectivity index (χ0n) is 10.9. The zero-order chi connectivity index (χ0) is 13.1. The fraction of sp³-hybridized carbons (Fsp3) is 0.333. The van der Waals surface area contributed by atoms with Crippen molar-refractivity contribution in [2.75, 3.05) is 18.5 Å². The molecule has 100 valence electrons. The van der Waals surface area contributed by atoms with Crippen LogP contribution in [0.15, 0.2) is 35.0 Å². The molecule has 2 heterocycles. The average Bonchev–Trinajstić information content (AvgIpc) is 2.81. The minimum atomic E-state index is 0.242. The topological polar surface area (TPSA) is 30.5 Å². The molecule has 0 spiro atoms. The highest BCUT2D eigenvalue weighted by molar-refractivity contribution is 7.08. The third kappa shape index (κ3) is 2.84. The Hall–Kier alpha value is -1.68. The molecule has 1 atom stereocenters. The second kappa shape index (κ2) is 5.53. The molecule has 1 unspecified atom stereocenters. The Labute approximate surface area is 117 Å². The van der Waals surface area contributed by atoms with E-state index >= 15 is 0 Å². The Bertz CT molecular complexity index is 539. The van der Waals surface area contributed by atoms with E-state index in [4.69, 9.17) is 9.47 Å². The van der Waals surface area contributed by atoms with Crippen LogP contribution in [0, 0.1) is 0 Å². The molecule has 0 fully saturated rings. The number of ether oxygens (including phenoxy) is 2. The molecular weight excluding hydrogens is 258 g/mol. The Morgan fingerprint density at radius 1 is 1.16 bits per heavy atom. The van der Waals surface area contributed by atoms with Crippen LogP contribution in [0.1, 0.15) is 24.9 Å². The first-order valence-corrected chi connectivity index (χ1v) is 7.45. The summed E-state index contributed by atoms with van der Waals surface area (Å²) in [6.07, 6.45) is 0.937. The lowest BCUT2D eigenvalue weighted by Crippen LogP contribution is -2.06. The van der Waals surface area contributed by atoms with E-state index < -0.39 is 0 Å². The molecule has 0 saturated heterocycles. The molecule has 4 heteroatoms. The van der Waals surface area contributed by atoms with Gasteiger partial charge < -0.3 is 14.8 Å². The van der Waals surface area contributed by atoms with Crippen LogP contribution in [0.25, 0.3) is 0 Å². The van der Waals surface area contributed by atoms with E-state index in [1.54, 1.807) is 11.3 Å². The summed E-state index contributed by atoms with van der Waals surface area (Å²) in [6.45, 7) is 3.61. The molecule has 0 radical (unpaired) electrons. The van der Waals surface area contributed by atoms with Gasteiger partial charge in [-0.3, -0.25) is 0 Å². The van der Waals surface area contributed by atoms with Crippen LogP contribution >= 0.6 is 11.3 Å². The van der Waals surface area contributed by atoms with Crippen molar-refractivity contribution < 1.29 is 9.47 Å². The predicted octanol–water partition coefficient (Wildman–Crippen LogP) is 4.08. The fourth-order valence-electron chi connectivity index (χ4n) is 2.13. The molecule has 3 rings (SSSR count). The number of benzene rings is 1. The number of hydrogen-bond donors (Lipinski definition) is 1. The van der Waals surface area contributed by atoms with Crippen molar-refractivity contribution >= 4 is 17.0 Å². The minimum Gasteiger partial charge on any atom is -0.490 e. The van der Waals surface area contributed by atoms with E-state index in [1.807, 2.05) is 6.07 Å². The van der Waals surface area contributed by atoms with Crippen molar-refractivity contribution in [2.45, 2.75) is 19.4 Å². The second-order valence-corrected chi connectivity index (χ2v) is 5.41. The summed E-state index contributed by atoms with van der Waals surface area (Å²) in [5.74, 6) is 1.71. The highest BCUT2D eigenvalue weighted by Gasteiger charge is 2.13. The average molecular weight is 275 g/mol. The number of anilines is 1. The van der Waals surface area contributed by atoms with Gasteiger partial charge in [0.1, 0.15) is 0 Å². The molecule has 0 saturated carbocycles. The number of rotatable bonds is 3. The van der Waals surface area contributed by atoms with Crippen LogP contribution < -0.4 is 14.8 Å². The van der Waals surface area contributed by atoms with E-state index in [9.17, 15) is 0 Å². The lowest BCUT2D eigenvalue weighted by molar-refractivity contribution is 0.297. The van der Waals surface area contributed by atoms with Crippen molar-refractivity contribution in [2.24, 2.45) is 0 Å². The van der Waals surface area contributed by atoms with Gasteiger partial charge in [0, 0.05) is 23.5 Å². The molecule has 0 aliphatic carbocycles. The summed E-state index contributed by atoms with van der Waals surface area (Å²) in [4.78, 5) is 0. The maximum atomic E-state index is 5.72. The lowest BCUT2D eigenvalue weighted by Gasteiger charge is -2.16. The molecule has 1 aliphatic rings. The standard InChI is InChI=1S/C15H17NO2S/c1-11(16-13-5-8-19-10-13)12-3-4-14-15(9-12)18-7-2-6-17-14/h3-5,8-11,16H,2,6-7H2,1H3. The van der Waals surface area contributed by atoms with Crippen LogP contribution in [-0.2, 0) is 0 Å². The van der Waals surface area contributed by atoms with Crippen molar-refractivity contribution in [3.05, 3.63) is 40.6 Å². The third-order valence-corrected chi connectivity index (χ3v) is 3.86. The Balaban J connectivity index is 1.79. The Morgan fingerprint density at radius 3 is 2.79 bits per heavy atom. The van der Waals surface area contributed by atoms with Gasteiger partial charge in [-0.2, -0.15) is 11.3 Å². The molecule has 3 nitrogen and oxygen atoms in total. The van der Waals surface area contributed by atoms with Crippen molar-refractivity contribution in [3.63, 3.8) is 0 Å². The monoisotopic (exact) mass is 275 g/mol. The normalized spacial score (nSPS) is 15.6. The van der Waals surface area contributed by atoms with Crippen molar-refractivity contribution in [1.29, 1.82) is 0 Å². The van der Waals surface area contributed by atoms with E-state index in [2.05, 4.69) is 41.2 Å². The largest absolute Gasteiger partial charge is 0.490 e. The van der Waals surface area contributed by atoms with Crippen LogP contribution in [-0.4, -0.2) is 13.2 Å². The second-order valence-electron chi connectivity index (χ2n) is 4.63. The number of thiophene rings is 1. The maximum absolute atomic E-state index is 5.72. The maximum Gasteiger partial charge on any atom is 0.161 e. The fourth-order valence-corrected chi connectivity index (χ4v) is 2.73. The van der Waals surface area contributed by atoms with Gasteiger partial charge >= 0.3 is 0 Å². The first-order chi connectivity index (χ1) is 9.33. The van der Waals surface area contributed by atoms with Gasteiger partial charge in [0.25, 0.3) is 0 Å². The van der Waals surface area contributed by atoms with Gasteiger partial charge in [-0.1, -0.05) is 6.07 Å². The van der Waals surface area contributed by atoms with Gasteiger partial charge in [-0.15, -0.1) is 0 Å². The summed E-state index contributed by atoms with van der Waals surface area (Å²) in [7, 11) is 0. The molecule has 19 heavy (non-hydrogen) atoms. The van der Waals surface area contributed by atoms with Gasteiger partial charge in [0.05, 0.1) is 13.2 Å². The summed E-state index contributed by atoms with van der Waals surface area (Å²) in [6, 6.07) is 8.50. The quantitative estimate of drug-likeness (QED) is 0.915. The molecule has 1 aliphatic heterocycles. The molecule has 1 aromatic heterocycles. The van der Waals surface area contributed by atoms with E-state index in [-0.39, 0.29) is 6.04 Å². The molecular formula is C15H17NO2S.